The van der Waals surface area contributed by atoms with Crippen molar-refractivity contribution in [3.05, 3.63) is 65.2 Å². The molecule has 2 nitrogen and oxygen atoms in total. The van der Waals surface area contributed by atoms with Crippen LogP contribution in [0.3, 0.4) is 0 Å². The highest BCUT2D eigenvalue weighted by Gasteiger charge is 2.27. The molecule has 1 saturated heterocycles. The number of hydrogen-bond donors (Lipinski definition) is 0. The number of rotatable bonds is 4. The van der Waals surface area contributed by atoms with Gasteiger partial charge in [-0.05, 0) is 23.3 Å². The first-order chi connectivity index (χ1) is 9.24. The van der Waals surface area contributed by atoms with Gasteiger partial charge in [0.1, 0.15) is 12.7 Å². The predicted molar refractivity (Wildman–Crippen MR) is 65.8 cm³/mol. The number of halogens is 2. The molecule has 0 aromatic heterocycles. The second-order valence-electron chi connectivity index (χ2n) is 4.41. The Kier molecular flexibility index (Phi) is 3.17. The third-order valence-electron chi connectivity index (χ3n) is 2.95. The average Bonchev–Trinajstić information content (AvgIpc) is 3.23. The number of benzene rings is 2. The van der Waals surface area contributed by atoms with Crippen molar-refractivity contribution in [2.45, 2.75) is 12.7 Å². The lowest BCUT2D eigenvalue weighted by Crippen LogP contribution is -2.01. The van der Waals surface area contributed by atoms with Gasteiger partial charge in [-0.15, -0.1) is 0 Å². The third kappa shape index (κ3) is 2.74. The fourth-order valence-corrected chi connectivity index (χ4v) is 1.87. The Labute approximate surface area is 109 Å². The Morgan fingerprint density at radius 3 is 2.32 bits per heavy atom. The van der Waals surface area contributed by atoms with Crippen LogP contribution in [0, 0.1) is 11.6 Å². The van der Waals surface area contributed by atoms with Gasteiger partial charge in [0.05, 0.1) is 6.61 Å². The van der Waals surface area contributed by atoms with E-state index in [4.69, 9.17) is 9.47 Å². The molecule has 0 saturated carbocycles. The first kappa shape index (κ1) is 12.1. The number of epoxide rings is 1. The van der Waals surface area contributed by atoms with Crippen LogP contribution in [0.5, 0.6) is 5.75 Å². The minimum absolute atomic E-state index is 0.133. The van der Waals surface area contributed by atoms with Crippen molar-refractivity contribution >= 4 is 0 Å². The zero-order chi connectivity index (χ0) is 13.2. The van der Waals surface area contributed by atoms with Crippen LogP contribution >= 0.6 is 0 Å². The Morgan fingerprint density at radius 1 is 1.11 bits per heavy atom. The number of ether oxygens (including phenoxy) is 2. The summed E-state index contributed by atoms with van der Waals surface area (Å²) in [7, 11) is 0. The summed E-state index contributed by atoms with van der Waals surface area (Å²) in [6, 6.07) is 11.8. The highest BCUT2D eigenvalue weighted by Crippen LogP contribution is 2.34. The van der Waals surface area contributed by atoms with Crippen LogP contribution in [0.15, 0.2) is 42.5 Å². The van der Waals surface area contributed by atoms with E-state index in [1.165, 1.54) is 12.1 Å². The quantitative estimate of drug-likeness (QED) is 0.785. The Bertz CT molecular complexity index is 557. The van der Waals surface area contributed by atoms with E-state index in [0.717, 1.165) is 5.56 Å². The maximum Gasteiger partial charge on any atom is 0.191 e. The summed E-state index contributed by atoms with van der Waals surface area (Å²) < 4.78 is 37.8. The second-order valence-corrected chi connectivity index (χ2v) is 4.41. The van der Waals surface area contributed by atoms with Gasteiger partial charge in [0.2, 0.25) is 0 Å². The monoisotopic (exact) mass is 262 g/mol. The molecule has 0 amide bonds. The van der Waals surface area contributed by atoms with Crippen LogP contribution in [0.1, 0.15) is 17.2 Å². The zero-order valence-electron chi connectivity index (χ0n) is 10.1. The fraction of sp³-hybridized carbons (Fsp3) is 0.200. The topological polar surface area (TPSA) is 21.8 Å². The molecule has 2 aromatic carbocycles. The summed E-state index contributed by atoms with van der Waals surface area (Å²) in [4.78, 5) is 0. The van der Waals surface area contributed by atoms with Gasteiger partial charge in [-0.1, -0.05) is 30.3 Å². The van der Waals surface area contributed by atoms with Crippen molar-refractivity contribution < 1.29 is 18.3 Å². The van der Waals surface area contributed by atoms with E-state index in [9.17, 15) is 8.78 Å². The molecule has 0 spiro atoms. The standard InChI is InChI=1S/C15H12F2O2/c16-12-6-11(14-9-18-14)7-13(17)15(12)19-8-10-4-2-1-3-5-10/h1-7,14H,8-9H2. The van der Waals surface area contributed by atoms with E-state index < -0.39 is 11.6 Å². The van der Waals surface area contributed by atoms with Crippen LogP contribution in [0.25, 0.3) is 0 Å². The minimum Gasteiger partial charge on any atom is -0.483 e. The summed E-state index contributed by atoms with van der Waals surface area (Å²) in [5.41, 5.74) is 1.37. The van der Waals surface area contributed by atoms with Gasteiger partial charge < -0.3 is 9.47 Å². The van der Waals surface area contributed by atoms with Gasteiger partial charge in [0, 0.05) is 0 Å². The molecule has 1 unspecified atom stereocenters. The molecule has 1 aliphatic rings. The molecule has 2 aromatic rings. The molecular formula is C15H12F2O2. The fourth-order valence-electron chi connectivity index (χ4n) is 1.87. The molecule has 1 aliphatic heterocycles. The van der Waals surface area contributed by atoms with Gasteiger partial charge in [-0.2, -0.15) is 0 Å². The first-order valence-corrected chi connectivity index (χ1v) is 6.01. The van der Waals surface area contributed by atoms with Crippen molar-refractivity contribution in [1.82, 2.24) is 0 Å². The maximum absolute atomic E-state index is 13.8. The van der Waals surface area contributed by atoms with Crippen LogP contribution in [-0.4, -0.2) is 6.61 Å². The molecule has 0 bridgehead atoms. The number of hydrogen-bond acceptors (Lipinski definition) is 2. The molecule has 3 rings (SSSR count). The van der Waals surface area contributed by atoms with Gasteiger partial charge in [0.15, 0.2) is 17.4 Å². The van der Waals surface area contributed by atoms with E-state index in [1.807, 2.05) is 30.3 Å². The van der Waals surface area contributed by atoms with Gasteiger partial charge in [-0.3, -0.25) is 0 Å². The molecule has 0 radical (unpaired) electrons. The lowest BCUT2D eigenvalue weighted by molar-refractivity contribution is 0.273. The van der Waals surface area contributed by atoms with Gasteiger partial charge >= 0.3 is 0 Å². The predicted octanol–water partition coefficient (Wildman–Crippen LogP) is 3.62. The molecule has 1 heterocycles. The summed E-state index contributed by atoms with van der Waals surface area (Å²) in [5.74, 6) is -1.73. The van der Waals surface area contributed by atoms with Crippen molar-refractivity contribution in [2.75, 3.05) is 6.61 Å². The minimum atomic E-state index is -0.693. The van der Waals surface area contributed by atoms with Crippen LogP contribution < -0.4 is 4.74 Å². The lowest BCUT2D eigenvalue weighted by atomic mass is 10.1. The Hall–Kier alpha value is -1.94. The normalized spacial score (nSPS) is 17.3. The van der Waals surface area contributed by atoms with Crippen LogP contribution in [0.2, 0.25) is 0 Å². The van der Waals surface area contributed by atoms with Crippen molar-refractivity contribution in [3.63, 3.8) is 0 Å². The van der Waals surface area contributed by atoms with E-state index in [2.05, 4.69) is 0 Å². The van der Waals surface area contributed by atoms with Gasteiger partial charge in [-0.25, -0.2) is 8.78 Å². The Morgan fingerprint density at radius 2 is 1.74 bits per heavy atom. The highest BCUT2D eigenvalue weighted by molar-refractivity contribution is 5.33. The smallest absolute Gasteiger partial charge is 0.191 e. The van der Waals surface area contributed by atoms with Gasteiger partial charge in [0.25, 0.3) is 0 Å². The molecule has 4 heteroatoms. The lowest BCUT2D eigenvalue weighted by Gasteiger charge is -2.09. The van der Waals surface area contributed by atoms with Crippen LogP contribution in [0.4, 0.5) is 8.78 Å². The van der Waals surface area contributed by atoms with E-state index >= 15 is 0 Å². The Balaban J connectivity index is 1.77. The van der Waals surface area contributed by atoms with Crippen LogP contribution in [-0.2, 0) is 11.3 Å². The summed E-state index contributed by atoms with van der Waals surface area (Å²) in [6.45, 7) is 0.650. The molecule has 0 N–H and O–H groups in total. The van der Waals surface area contributed by atoms with Crippen molar-refractivity contribution in [1.29, 1.82) is 0 Å². The molecule has 1 atom stereocenters. The summed E-state index contributed by atoms with van der Waals surface area (Å²) >= 11 is 0. The highest BCUT2D eigenvalue weighted by atomic mass is 19.1. The maximum atomic E-state index is 13.8. The van der Waals surface area contributed by atoms with E-state index in [0.29, 0.717) is 12.2 Å². The molecule has 0 aliphatic carbocycles. The van der Waals surface area contributed by atoms with E-state index in [1.54, 1.807) is 0 Å². The van der Waals surface area contributed by atoms with Crippen molar-refractivity contribution in [3.8, 4) is 5.75 Å². The second kappa shape index (κ2) is 4.97. The summed E-state index contributed by atoms with van der Waals surface area (Å²) in [5, 5.41) is 0. The van der Waals surface area contributed by atoms with Crippen molar-refractivity contribution in [2.24, 2.45) is 0 Å². The summed E-state index contributed by atoms with van der Waals surface area (Å²) in [6.07, 6.45) is -0.174. The zero-order valence-corrected chi connectivity index (χ0v) is 10.1. The average molecular weight is 262 g/mol. The third-order valence-corrected chi connectivity index (χ3v) is 2.95. The SMILES string of the molecule is Fc1cc(C2CO2)cc(F)c1OCc1ccccc1. The molecule has 98 valence electrons. The molecule has 1 fully saturated rings. The molecule has 19 heavy (non-hydrogen) atoms. The largest absolute Gasteiger partial charge is 0.483 e. The first-order valence-electron chi connectivity index (χ1n) is 6.01. The van der Waals surface area contributed by atoms with E-state index in [-0.39, 0.29) is 18.5 Å². The molecular weight excluding hydrogens is 250 g/mol.